The normalized spacial score (nSPS) is 11.4. The standard InChI is InChI=1S/C11H11F3O2S/c1-16-10(15)6-7-3-4-9(17-2)8(5-7)11(12,13)14/h3-5H,6H2,1-2H3. The molecular weight excluding hydrogens is 253 g/mol. The van der Waals surface area contributed by atoms with E-state index in [0.717, 1.165) is 17.8 Å². The van der Waals surface area contributed by atoms with Gasteiger partial charge < -0.3 is 4.74 Å². The molecule has 0 aliphatic heterocycles. The molecule has 1 aromatic rings. The van der Waals surface area contributed by atoms with Crippen LogP contribution >= 0.6 is 11.8 Å². The molecule has 2 nitrogen and oxygen atoms in total. The van der Waals surface area contributed by atoms with Crippen molar-refractivity contribution in [2.75, 3.05) is 13.4 Å². The predicted octanol–water partition coefficient (Wildman–Crippen LogP) is 3.14. The second-order valence-electron chi connectivity index (χ2n) is 3.29. The van der Waals surface area contributed by atoms with Crippen LogP contribution in [0.25, 0.3) is 0 Å². The number of hydrogen-bond acceptors (Lipinski definition) is 3. The molecule has 0 radical (unpaired) electrons. The SMILES string of the molecule is COC(=O)Cc1ccc(SC)c(C(F)(F)F)c1. The molecule has 0 aliphatic carbocycles. The molecule has 0 heterocycles. The smallest absolute Gasteiger partial charge is 0.417 e. The average Bonchev–Trinajstić information content (AvgIpc) is 2.27. The molecule has 0 atom stereocenters. The predicted molar refractivity (Wildman–Crippen MR) is 58.9 cm³/mol. The van der Waals surface area contributed by atoms with Gasteiger partial charge in [-0.1, -0.05) is 6.07 Å². The van der Waals surface area contributed by atoms with Crippen LogP contribution in [0.4, 0.5) is 13.2 Å². The molecule has 0 unspecified atom stereocenters. The topological polar surface area (TPSA) is 26.3 Å². The van der Waals surface area contributed by atoms with Crippen molar-refractivity contribution in [2.24, 2.45) is 0 Å². The summed E-state index contributed by atoms with van der Waals surface area (Å²) in [6.07, 6.45) is -3.00. The Balaban J connectivity index is 3.09. The first kappa shape index (κ1) is 13.9. The summed E-state index contributed by atoms with van der Waals surface area (Å²) >= 11 is 1.02. The molecule has 0 amide bonds. The fraction of sp³-hybridized carbons (Fsp3) is 0.364. The van der Waals surface area contributed by atoms with Crippen LogP contribution in [0.2, 0.25) is 0 Å². The number of rotatable bonds is 3. The molecule has 1 aromatic carbocycles. The van der Waals surface area contributed by atoms with Crippen molar-refractivity contribution >= 4 is 17.7 Å². The van der Waals surface area contributed by atoms with E-state index in [4.69, 9.17) is 0 Å². The summed E-state index contributed by atoms with van der Waals surface area (Å²) < 4.78 is 42.5. The molecule has 17 heavy (non-hydrogen) atoms. The highest BCUT2D eigenvalue weighted by Gasteiger charge is 2.33. The lowest BCUT2D eigenvalue weighted by atomic mass is 10.1. The van der Waals surface area contributed by atoms with Crippen LogP contribution in [0.15, 0.2) is 23.1 Å². The van der Waals surface area contributed by atoms with E-state index in [1.807, 2.05) is 0 Å². The van der Waals surface area contributed by atoms with Crippen LogP contribution in [-0.4, -0.2) is 19.3 Å². The first-order valence-electron chi connectivity index (χ1n) is 4.69. The lowest BCUT2D eigenvalue weighted by Crippen LogP contribution is -2.10. The minimum Gasteiger partial charge on any atom is -0.469 e. The Morgan fingerprint density at radius 3 is 2.53 bits per heavy atom. The van der Waals surface area contributed by atoms with E-state index in [9.17, 15) is 18.0 Å². The van der Waals surface area contributed by atoms with Crippen molar-refractivity contribution in [1.29, 1.82) is 0 Å². The quantitative estimate of drug-likeness (QED) is 0.619. The number of carbonyl (C=O) groups is 1. The lowest BCUT2D eigenvalue weighted by molar-refractivity contribution is -0.141. The number of hydrogen-bond donors (Lipinski definition) is 0. The molecule has 0 fully saturated rings. The average molecular weight is 264 g/mol. The molecule has 0 saturated heterocycles. The van der Waals surface area contributed by atoms with Gasteiger partial charge in [0.2, 0.25) is 0 Å². The summed E-state index contributed by atoms with van der Waals surface area (Å²) in [5.41, 5.74) is -0.423. The van der Waals surface area contributed by atoms with Crippen molar-refractivity contribution in [3.8, 4) is 0 Å². The molecule has 6 heteroatoms. The Morgan fingerprint density at radius 1 is 1.41 bits per heavy atom. The number of carbonyl (C=O) groups excluding carboxylic acids is 1. The van der Waals surface area contributed by atoms with Gasteiger partial charge in [0.05, 0.1) is 19.1 Å². The minimum atomic E-state index is -4.41. The Kier molecular flexibility index (Phi) is 4.45. The van der Waals surface area contributed by atoms with Gasteiger partial charge in [0, 0.05) is 4.90 Å². The number of alkyl halides is 3. The Bertz CT molecular complexity index is 416. The second-order valence-corrected chi connectivity index (χ2v) is 4.13. The van der Waals surface area contributed by atoms with E-state index in [1.54, 1.807) is 6.26 Å². The van der Waals surface area contributed by atoms with Gasteiger partial charge in [-0.3, -0.25) is 4.79 Å². The third-order valence-corrected chi connectivity index (χ3v) is 2.94. The third-order valence-electron chi connectivity index (χ3n) is 2.15. The summed E-state index contributed by atoms with van der Waals surface area (Å²) in [5.74, 6) is -0.560. The molecule has 0 spiro atoms. The molecule has 94 valence electrons. The molecule has 1 rings (SSSR count). The monoisotopic (exact) mass is 264 g/mol. The fourth-order valence-electron chi connectivity index (χ4n) is 1.33. The number of thioether (sulfide) groups is 1. The number of ether oxygens (including phenoxy) is 1. The molecule has 0 N–H and O–H groups in total. The molecule has 0 aliphatic rings. The molecular formula is C11H11F3O2S. The maximum Gasteiger partial charge on any atom is 0.417 e. The summed E-state index contributed by atoms with van der Waals surface area (Å²) in [5, 5.41) is 0. The maximum atomic E-state index is 12.7. The van der Waals surface area contributed by atoms with Crippen molar-refractivity contribution < 1.29 is 22.7 Å². The minimum absolute atomic E-state index is 0.145. The van der Waals surface area contributed by atoms with E-state index >= 15 is 0 Å². The van der Waals surface area contributed by atoms with Gasteiger partial charge in [-0.2, -0.15) is 13.2 Å². The maximum absolute atomic E-state index is 12.7. The van der Waals surface area contributed by atoms with Crippen LogP contribution < -0.4 is 0 Å². The van der Waals surface area contributed by atoms with E-state index in [0.29, 0.717) is 5.56 Å². The van der Waals surface area contributed by atoms with Crippen LogP contribution in [0, 0.1) is 0 Å². The molecule has 0 bridgehead atoms. The summed E-state index contributed by atoms with van der Waals surface area (Å²) in [6, 6.07) is 3.85. The van der Waals surface area contributed by atoms with E-state index < -0.39 is 17.7 Å². The van der Waals surface area contributed by atoms with Crippen LogP contribution in [0.3, 0.4) is 0 Å². The van der Waals surface area contributed by atoms with E-state index in [-0.39, 0.29) is 11.3 Å². The number of halogens is 3. The van der Waals surface area contributed by atoms with Crippen molar-refractivity contribution in [1.82, 2.24) is 0 Å². The van der Waals surface area contributed by atoms with Gasteiger partial charge in [0.1, 0.15) is 0 Å². The van der Waals surface area contributed by atoms with Crippen molar-refractivity contribution in [2.45, 2.75) is 17.5 Å². The number of benzene rings is 1. The van der Waals surface area contributed by atoms with Gasteiger partial charge in [0.25, 0.3) is 0 Å². The third kappa shape index (κ3) is 3.66. The molecule has 0 aromatic heterocycles. The number of esters is 1. The Labute approximate surface area is 101 Å². The highest BCUT2D eigenvalue weighted by atomic mass is 32.2. The summed E-state index contributed by atoms with van der Waals surface area (Å²) in [4.78, 5) is 11.1. The van der Waals surface area contributed by atoms with Crippen LogP contribution in [-0.2, 0) is 22.1 Å². The van der Waals surface area contributed by atoms with E-state index in [1.165, 1.54) is 19.2 Å². The highest BCUT2D eigenvalue weighted by molar-refractivity contribution is 7.98. The van der Waals surface area contributed by atoms with Crippen LogP contribution in [0.5, 0.6) is 0 Å². The summed E-state index contributed by atoms with van der Waals surface area (Å²) in [7, 11) is 1.20. The van der Waals surface area contributed by atoms with Crippen LogP contribution in [0.1, 0.15) is 11.1 Å². The Morgan fingerprint density at radius 2 is 2.06 bits per heavy atom. The second kappa shape index (κ2) is 5.44. The van der Waals surface area contributed by atoms with Gasteiger partial charge in [0.15, 0.2) is 0 Å². The zero-order valence-electron chi connectivity index (χ0n) is 9.30. The lowest BCUT2D eigenvalue weighted by Gasteiger charge is -2.12. The van der Waals surface area contributed by atoms with E-state index in [2.05, 4.69) is 4.74 Å². The first-order chi connectivity index (χ1) is 7.88. The van der Waals surface area contributed by atoms with Crippen molar-refractivity contribution in [3.63, 3.8) is 0 Å². The zero-order chi connectivity index (χ0) is 13.1. The summed E-state index contributed by atoms with van der Waals surface area (Å²) in [6.45, 7) is 0. The molecule has 0 saturated carbocycles. The van der Waals surface area contributed by atoms with Crippen molar-refractivity contribution in [3.05, 3.63) is 29.3 Å². The fourth-order valence-corrected chi connectivity index (χ4v) is 1.92. The zero-order valence-corrected chi connectivity index (χ0v) is 10.1. The Hall–Kier alpha value is -1.17. The van der Waals surface area contributed by atoms with Gasteiger partial charge >= 0.3 is 12.1 Å². The van der Waals surface area contributed by atoms with Gasteiger partial charge in [-0.15, -0.1) is 11.8 Å². The largest absolute Gasteiger partial charge is 0.469 e. The first-order valence-corrected chi connectivity index (χ1v) is 5.92. The van der Waals surface area contributed by atoms with Gasteiger partial charge in [-0.05, 0) is 24.0 Å². The highest BCUT2D eigenvalue weighted by Crippen LogP contribution is 2.36. The number of methoxy groups -OCH3 is 1. The van der Waals surface area contributed by atoms with Gasteiger partial charge in [-0.25, -0.2) is 0 Å².